The van der Waals surface area contributed by atoms with Gasteiger partial charge in [0, 0.05) is 11.8 Å². The van der Waals surface area contributed by atoms with E-state index in [9.17, 15) is 19.3 Å². The number of carboxylic acids is 1. The Bertz CT molecular complexity index is 490. The van der Waals surface area contributed by atoms with E-state index < -0.39 is 22.3 Å². The quantitative estimate of drug-likeness (QED) is 0.506. The van der Waals surface area contributed by atoms with Crippen molar-refractivity contribution in [3.8, 4) is 0 Å². The average Bonchev–Trinajstić information content (AvgIpc) is 2.25. The summed E-state index contributed by atoms with van der Waals surface area (Å²) in [6.07, 6.45) is 0. The number of nitro groups is 1. The third-order valence-electron chi connectivity index (χ3n) is 2.05. The third-order valence-corrected chi connectivity index (χ3v) is 3.52. The first-order valence-electron chi connectivity index (χ1n) is 5.17. The topological polar surface area (TPSA) is 80.4 Å². The molecule has 0 heterocycles. The highest BCUT2D eigenvalue weighted by atomic mass is 32.2. The van der Waals surface area contributed by atoms with Crippen LogP contribution >= 0.6 is 11.8 Å². The molecule has 0 aliphatic rings. The Kier molecular flexibility index (Phi) is 4.66. The van der Waals surface area contributed by atoms with Gasteiger partial charge in [-0.2, -0.15) is 0 Å². The van der Waals surface area contributed by atoms with Crippen LogP contribution in [0.1, 0.15) is 24.2 Å². The van der Waals surface area contributed by atoms with Gasteiger partial charge in [-0.05, 0) is 12.0 Å². The Hall–Kier alpha value is -1.63. The third kappa shape index (κ3) is 3.43. The molecule has 0 saturated heterocycles. The zero-order chi connectivity index (χ0) is 13.9. The Morgan fingerprint density at radius 1 is 1.56 bits per heavy atom. The fourth-order valence-electron chi connectivity index (χ4n) is 1.22. The predicted molar refractivity (Wildman–Crippen MR) is 65.6 cm³/mol. The molecule has 1 aromatic carbocycles. The van der Waals surface area contributed by atoms with E-state index in [1.165, 1.54) is 0 Å². The average molecular weight is 273 g/mol. The van der Waals surface area contributed by atoms with E-state index in [4.69, 9.17) is 5.11 Å². The minimum Gasteiger partial charge on any atom is -0.478 e. The van der Waals surface area contributed by atoms with Crippen LogP contribution in [-0.2, 0) is 0 Å². The summed E-state index contributed by atoms with van der Waals surface area (Å²) in [4.78, 5) is 21.0. The van der Waals surface area contributed by atoms with E-state index in [1.807, 2.05) is 13.8 Å². The Labute approximate surface area is 107 Å². The fraction of sp³-hybridized carbons (Fsp3) is 0.364. The van der Waals surface area contributed by atoms with Gasteiger partial charge in [0.2, 0.25) is 0 Å². The first-order valence-corrected chi connectivity index (χ1v) is 6.15. The van der Waals surface area contributed by atoms with Gasteiger partial charge in [-0.3, -0.25) is 10.1 Å². The first kappa shape index (κ1) is 14.4. The van der Waals surface area contributed by atoms with E-state index in [-0.39, 0.29) is 16.5 Å². The van der Waals surface area contributed by atoms with Crippen molar-refractivity contribution in [2.45, 2.75) is 18.7 Å². The van der Waals surface area contributed by atoms with E-state index >= 15 is 0 Å². The predicted octanol–water partition coefficient (Wildman–Crippen LogP) is 3.18. The summed E-state index contributed by atoms with van der Waals surface area (Å²) in [6, 6.07) is 1.68. The van der Waals surface area contributed by atoms with Gasteiger partial charge in [-0.1, -0.05) is 13.8 Å². The molecule has 1 rings (SSSR count). The minimum atomic E-state index is -1.52. The van der Waals surface area contributed by atoms with Gasteiger partial charge in [0.05, 0.1) is 9.82 Å². The lowest BCUT2D eigenvalue weighted by atomic mass is 10.2. The maximum atomic E-state index is 13.5. The smallest absolute Gasteiger partial charge is 0.338 e. The van der Waals surface area contributed by atoms with Crippen molar-refractivity contribution in [3.63, 3.8) is 0 Å². The standard InChI is InChI=1S/C11H12FNO4S/c1-6(2)5-18-10-4-8(12)7(11(14)15)3-9(10)13(16)17/h3-4,6H,5H2,1-2H3,(H,14,15). The van der Waals surface area contributed by atoms with Crippen LogP contribution in [-0.4, -0.2) is 21.8 Å². The van der Waals surface area contributed by atoms with Crippen LogP contribution in [0.2, 0.25) is 0 Å². The van der Waals surface area contributed by atoms with Crippen LogP contribution in [0.4, 0.5) is 10.1 Å². The van der Waals surface area contributed by atoms with Crippen LogP contribution in [0, 0.1) is 21.8 Å². The number of nitrogens with zero attached hydrogens (tertiary/aromatic N) is 1. The summed E-state index contributed by atoms with van der Waals surface area (Å²) in [6.45, 7) is 3.86. The molecular formula is C11H12FNO4S. The molecule has 0 unspecified atom stereocenters. The van der Waals surface area contributed by atoms with E-state index in [1.54, 1.807) is 0 Å². The highest BCUT2D eigenvalue weighted by Gasteiger charge is 2.22. The van der Waals surface area contributed by atoms with Crippen molar-refractivity contribution in [1.82, 2.24) is 0 Å². The van der Waals surface area contributed by atoms with Crippen molar-refractivity contribution in [1.29, 1.82) is 0 Å². The number of hydrogen-bond acceptors (Lipinski definition) is 4. The molecule has 5 nitrogen and oxygen atoms in total. The molecule has 0 amide bonds. The SMILES string of the molecule is CC(C)CSc1cc(F)c(C(=O)O)cc1[N+](=O)[O-]. The van der Waals surface area contributed by atoms with Gasteiger partial charge in [-0.15, -0.1) is 11.8 Å². The molecule has 0 bridgehead atoms. The lowest BCUT2D eigenvalue weighted by molar-refractivity contribution is -0.387. The zero-order valence-corrected chi connectivity index (χ0v) is 10.7. The molecule has 7 heteroatoms. The van der Waals surface area contributed by atoms with Gasteiger partial charge in [-0.25, -0.2) is 9.18 Å². The molecule has 98 valence electrons. The van der Waals surface area contributed by atoms with E-state index in [0.29, 0.717) is 5.75 Å². The zero-order valence-electron chi connectivity index (χ0n) is 9.84. The van der Waals surface area contributed by atoms with E-state index in [0.717, 1.165) is 23.9 Å². The van der Waals surface area contributed by atoms with Gasteiger partial charge in [0.1, 0.15) is 11.4 Å². The number of carbonyl (C=O) groups is 1. The molecule has 0 aliphatic heterocycles. The molecular weight excluding hydrogens is 261 g/mol. The molecule has 0 spiro atoms. The molecule has 0 aromatic heterocycles. The van der Waals surface area contributed by atoms with Crippen LogP contribution in [0.5, 0.6) is 0 Å². The summed E-state index contributed by atoms with van der Waals surface area (Å²) in [5.74, 6) is -1.60. The normalized spacial score (nSPS) is 10.7. The highest BCUT2D eigenvalue weighted by molar-refractivity contribution is 7.99. The largest absolute Gasteiger partial charge is 0.478 e. The number of rotatable bonds is 5. The van der Waals surface area contributed by atoms with Crippen molar-refractivity contribution in [2.75, 3.05) is 5.75 Å². The van der Waals surface area contributed by atoms with E-state index in [2.05, 4.69) is 0 Å². The second-order valence-electron chi connectivity index (χ2n) is 4.07. The monoisotopic (exact) mass is 273 g/mol. The number of benzene rings is 1. The molecule has 0 radical (unpaired) electrons. The fourth-order valence-corrected chi connectivity index (χ4v) is 2.20. The molecule has 0 fully saturated rings. The Morgan fingerprint density at radius 2 is 2.17 bits per heavy atom. The lowest BCUT2D eigenvalue weighted by Gasteiger charge is -2.07. The lowest BCUT2D eigenvalue weighted by Crippen LogP contribution is -2.04. The van der Waals surface area contributed by atoms with Crippen molar-refractivity contribution < 1.29 is 19.2 Å². The Balaban J connectivity index is 3.20. The van der Waals surface area contributed by atoms with Crippen molar-refractivity contribution in [3.05, 3.63) is 33.6 Å². The second kappa shape index (κ2) is 5.81. The number of nitro benzene ring substituents is 1. The summed E-state index contributed by atoms with van der Waals surface area (Å²) >= 11 is 1.14. The number of aromatic carboxylic acids is 1. The van der Waals surface area contributed by atoms with Crippen LogP contribution in [0.3, 0.4) is 0 Å². The number of carboxylic acid groups (broad SMARTS) is 1. The van der Waals surface area contributed by atoms with Crippen molar-refractivity contribution >= 4 is 23.4 Å². The maximum Gasteiger partial charge on any atom is 0.338 e. The Morgan fingerprint density at radius 3 is 2.61 bits per heavy atom. The van der Waals surface area contributed by atoms with Crippen LogP contribution < -0.4 is 0 Å². The van der Waals surface area contributed by atoms with Gasteiger partial charge in [0.15, 0.2) is 0 Å². The van der Waals surface area contributed by atoms with Crippen LogP contribution in [0.25, 0.3) is 0 Å². The molecule has 1 N–H and O–H groups in total. The molecule has 1 aromatic rings. The maximum absolute atomic E-state index is 13.5. The summed E-state index contributed by atoms with van der Waals surface area (Å²) in [5.41, 5.74) is -1.06. The summed E-state index contributed by atoms with van der Waals surface area (Å²) in [7, 11) is 0. The first-order chi connectivity index (χ1) is 8.32. The second-order valence-corrected chi connectivity index (χ2v) is 5.13. The molecule has 0 aliphatic carbocycles. The summed E-state index contributed by atoms with van der Waals surface area (Å²) < 4.78 is 13.5. The van der Waals surface area contributed by atoms with Gasteiger partial charge < -0.3 is 5.11 Å². The number of thioether (sulfide) groups is 1. The number of halogens is 1. The van der Waals surface area contributed by atoms with Crippen LogP contribution in [0.15, 0.2) is 17.0 Å². The van der Waals surface area contributed by atoms with Crippen molar-refractivity contribution in [2.24, 2.45) is 5.92 Å². The highest BCUT2D eigenvalue weighted by Crippen LogP contribution is 2.32. The number of hydrogen-bond donors (Lipinski definition) is 1. The molecule has 0 saturated carbocycles. The minimum absolute atomic E-state index is 0.149. The van der Waals surface area contributed by atoms with Gasteiger partial charge >= 0.3 is 5.97 Å². The molecule has 18 heavy (non-hydrogen) atoms. The molecule has 0 atom stereocenters. The summed E-state index contributed by atoms with van der Waals surface area (Å²) in [5, 5.41) is 19.5. The van der Waals surface area contributed by atoms with Gasteiger partial charge in [0.25, 0.3) is 5.69 Å².